The molecule has 3 fully saturated rings. The molecule has 1 saturated heterocycles. The van der Waals surface area contributed by atoms with Crippen LogP contribution in [0, 0.1) is 16.7 Å². The summed E-state index contributed by atoms with van der Waals surface area (Å²) in [5, 5.41) is 47.6. The number of methoxy groups -OCH3 is 1. The molecule has 1 aromatic carbocycles. The molecule has 224 valence electrons. The number of hydrogen-bond donors (Lipinski definition) is 4. The number of esters is 1. The molecule has 0 spiro atoms. The van der Waals surface area contributed by atoms with Crippen molar-refractivity contribution in [2.24, 2.45) is 16.7 Å². The zero-order valence-electron chi connectivity index (χ0n) is 24.0. The maximum atomic E-state index is 14.4. The first-order chi connectivity index (χ1) is 19.0. The van der Waals surface area contributed by atoms with Crippen molar-refractivity contribution >= 4 is 17.9 Å². The van der Waals surface area contributed by atoms with E-state index in [-0.39, 0.29) is 30.6 Å². The lowest BCUT2D eigenvalue weighted by Gasteiger charge is -2.67. The van der Waals surface area contributed by atoms with Crippen LogP contribution in [0.25, 0.3) is 0 Å². The molecule has 11 nitrogen and oxygen atoms in total. The summed E-state index contributed by atoms with van der Waals surface area (Å²) in [5.41, 5.74) is -8.41. The van der Waals surface area contributed by atoms with Crippen molar-refractivity contribution in [3.05, 3.63) is 47.0 Å². The minimum atomic E-state index is -2.15. The van der Waals surface area contributed by atoms with Gasteiger partial charge in [0.15, 0.2) is 11.4 Å². The molecule has 2 bridgehead atoms. The van der Waals surface area contributed by atoms with Crippen LogP contribution in [-0.4, -0.2) is 93.3 Å². The molecule has 1 unspecified atom stereocenters. The Morgan fingerprint density at radius 3 is 2.24 bits per heavy atom. The van der Waals surface area contributed by atoms with Crippen molar-refractivity contribution < 1.29 is 53.8 Å². The highest BCUT2D eigenvalue weighted by atomic mass is 16.8. The van der Waals surface area contributed by atoms with E-state index in [1.54, 1.807) is 39.0 Å². The molecular formula is C30H38O11. The number of benzene rings is 1. The third-order valence-corrected chi connectivity index (χ3v) is 10.4. The molecule has 4 aliphatic rings. The maximum Gasteiger partial charge on any atom is 0.508 e. The number of aliphatic hydroxyl groups excluding tert-OH is 2. The average molecular weight is 575 g/mol. The molecule has 4 N–H and O–H groups in total. The van der Waals surface area contributed by atoms with Crippen LogP contribution in [0.5, 0.6) is 0 Å². The molecule has 0 amide bonds. The molecule has 0 aromatic heterocycles. The van der Waals surface area contributed by atoms with Crippen LogP contribution in [-0.2, 0) is 23.7 Å². The van der Waals surface area contributed by atoms with Crippen LogP contribution < -0.4 is 0 Å². The topological polar surface area (TPSA) is 169 Å². The number of ether oxygens (including phenoxy) is 4. The summed E-state index contributed by atoms with van der Waals surface area (Å²) < 4.78 is 22.5. The zero-order chi connectivity index (χ0) is 30.3. The lowest BCUT2D eigenvalue weighted by Crippen LogP contribution is -2.82. The number of carbonyl (C=O) groups excluding carboxylic acids is 3. The van der Waals surface area contributed by atoms with Gasteiger partial charge in [-0.25, -0.2) is 9.59 Å². The van der Waals surface area contributed by atoms with Crippen molar-refractivity contribution in [2.75, 3.05) is 13.7 Å². The van der Waals surface area contributed by atoms with E-state index < -0.39 is 75.9 Å². The standard InChI is InChI=1S/C30H38O11/c1-15-19-20(32)22(33)28(5)17(31)12-18-29(14-39-18,41-25(35)38-6)21(28)23(40-24(34)16-10-8-7-9-11-16)30(37,26(19,2)3)13-27(15,4)36/h7-11,17-18,20-21,23,31-32,36-37H,12-14H2,1-6H3/t17-,18+,20+,21?,23-,27-,28+,29-,30+/m0/s1. The number of rotatable bonds is 3. The van der Waals surface area contributed by atoms with Gasteiger partial charge in [-0.2, -0.15) is 0 Å². The Kier molecular flexibility index (Phi) is 6.75. The average Bonchev–Trinajstić information content (AvgIpc) is 2.91. The predicted octanol–water partition coefficient (Wildman–Crippen LogP) is 1.69. The van der Waals surface area contributed by atoms with Crippen molar-refractivity contribution in [3.8, 4) is 0 Å². The third kappa shape index (κ3) is 3.86. The second-order valence-corrected chi connectivity index (χ2v) is 12.8. The molecule has 2 saturated carbocycles. The monoisotopic (exact) mass is 574 g/mol. The Hall–Kier alpha value is -2.83. The largest absolute Gasteiger partial charge is 0.508 e. The van der Waals surface area contributed by atoms with Crippen molar-refractivity contribution in [1.29, 1.82) is 0 Å². The summed E-state index contributed by atoms with van der Waals surface area (Å²) >= 11 is 0. The van der Waals surface area contributed by atoms with Gasteiger partial charge < -0.3 is 39.4 Å². The van der Waals surface area contributed by atoms with Crippen LogP contribution in [0.2, 0.25) is 0 Å². The van der Waals surface area contributed by atoms with Crippen molar-refractivity contribution in [1.82, 2.24) is 0 Å². The van der Waals surface area contributed by atoms with E-state index in [2.05, 4.69) is 0 Å². The number of aliphatic hydroxyl groups is 4. The number of hydrogen-bond acceptors (Lipinski definition) is 11. The number of fused-ring (bicyclic) bond motifs is 5. The summed E-state index contributed by atoms with van der Waals surface area (Å²) in [4.78, 5) is 40.7. The molecule has 9 atom stereocenters. The van der Waals surface area contributed by atoms with E-state index in [1.165, 1.54) is 26.0 Å². The Labute approximate surface area is 238 Å². The van der Waals surface area contributed by atoms with E-state index in [9.17, 15) is 34.8 Å². The normalized spacial score (nSPS) is 43.0. The Morgan fingerprint density at radius 1 is 1.05 bits per heavy atom. The van der Waals surface area contributed by atoms with Crippen molar-refractivity contribution in [3.63, 3.8) is 0 Å². The Morgan fingerprint density at radius 2 is 1.68 bits per heavy atom. The first-order valence-electron chi connectivity index (χ1n) is 13.7. The highest BCUT2D eigenvalue weighted by Gasteiger charge is 2.78. The van der Waals surface area contributed by atoms with Gasteiger partial charge >= 0.3 is 12.1 Å². The van der Waals surface area contributed by atoms with Gasteiger partial charge in [0.1, 0.15) is 23.9 Å². The van der Waals surface area contributed by atoms with Gasteiger partial charge in [-0.3, -0.25) is 4.79 Å². The van der Waals surface area contributed by atoms with E-state index in [1.807, 2.05) is 0 Å². The third-order valence-electron chi connectivity index (χ3n) is 10.4. The van der Waals surface area contributed by atoms with E-state index in [4.69, 9.17) is 18.9 Å². The maximum absolute atomic E-state index is 14.4. The van der Waals surface area contributed by atoms with Crippen molar-refractivity contribution in [2.45, 2.75) is 88.7 Å². The summed E-state index contributed by atoms with van der Waals surface area (Å²) in [6.45, 7) is 7.39. The zero-order valence-corrected chi connectivity index (χ0v) is 24.0. The van der Waals surface area contributed by atoms with Crippen LogP contribution in [0.15, 0.2) is 41.5 Å². The fourth-order valence-electron chi connectivity index (χ4n) is 7.83. The molecule has 11 heteroatoms. The molecule has 1 heterocycles. The molecule has 0 radical (unpaired) electrons. The van der Waals surface area contributed by atoms with Gasteiger partial charge in [-0.15, -0.1) is 0 Å². The molecule has 3 aliphatic carbocycles. The van der Waals surface area contributed by atoms with Crippen LogP contribution in [0.4, 0.5) is 4.79 Å². The van der Waals surface area contributed by atoms with Gasteiger partial charge in [0.25, 0.3) is 0 Å². The van der Waals surface area contributed by atoms with E-state index >= 15 is 0 Å². The second kappa shape index (κ2) is 9.34. The highest BCUT2D eigenvalue weighted by molar-refractivity contribution is 5.94. The molecule has 5 rings (SSSR count). The molecule has 1 aliphatic heterocycles. The van der Waals surface area contributed by atoms with Gasteiger partial charge in [-0.05, 0) is 44.1 Å². The number of ketones is 1. The Bertz CT molecular complexity index is 1300. The second-order valence-electron chi connectivity index (χ2n) is 12.8. The van der Waals surface area contributed by atoms with Gasteiger partial charge in [0.05, 0.1) is 42.3 Å². The fourth-order valence-corrected chi connectivity index (χ4v) is 7.83. The minimum Gasteiger partial charge on any atom is -0.455 e. The Balaban J connectivity index is 1.83. The first-order valence-corrected chi connectivity index (χ1v) is 13.7. The quantitative estimate of drug-likeness (QED) is 0.306. The first kappa shape index (κ1) is 29.7. The van der Waals surface area contributed by atoms with Crippen LogP contribution in [0.1, 0.15) is 57.8 Å². The van der Waals surface area contributed by atoms with Crippen LogP contribution in [0.3, 0.4) is 0 Å². The minimum absolute atomic E-state index is 0.0730. The summed E-state index contributed by atoms with van der Waals surface area (Å²) in [6, 6.07) is 8.02. The number of carbonyl (C=O) groups is 3. The predicted molar refractivity (Wildman–Crippen MR) is 142 cm³/mol. The lowest BCUT2D eigenvalue weighted by molar-refractivity contribution is -0.345. The fraction of sp³-hybridized carbons (Fsp3) is 0.633. The van der Waals surface area contributed by atoms with Gasteiger partial charge in [0.2, 0.25) is 0 Å². The summed E-state index contributed by atoms with van der Waals surface area (Å²) in [6.07, 6.45) is -7.48. The molecule has 1 aromatic rings. The molecule has 41 heavy (non-hydrogen) atoms. The lowest BCUT2D eigenvalue weighted by atomic mass is 9.44. The van der Waals surface area contributed by atoms with Gasteiger partial charge in [0, 0.05) is 18.3 Å². The SMILES string of the molecule is COC(=O)O[C@@]12CO[C@@H]1C[C@H](O)[C@@]1(C)C(=O)[C@H](O)C3=C(C)[C@@](C)(O)C[C@@](O)([C@@H](OC(=O)c4ccccc4)C12)C3(C)C. The molecular weight excluding hydrogens is 536 g/mol. The smallest absolute Gasteiger partial charge is 0.455 e. The van der Waals surface area contributed by atoms with E-state index in [0.717, 1.165) is 7.11 Å². The highest BCUT2D eigenvalue weighted by Crippen LogP contribution is 2.64. The summed E-state index contributed by atoms with van der Waals surface area (Å²) in [5.74, 6) is -3.09. The van der Waals surface area contributed by atoms with Crippen LogP contribution >= 0.6 is 0 Å². The van der Waals surface area contributed by atoms with Gasteiger partial charge in [-0.1, -0.05) is 32.0 Å². The van der Waals surface area contributed by atoms with E-state index in [0.29, 0.717) is 5.57 Å². The number of Topliss-reactive ketones (excluding diaryl/α,β-unsaturated/α-hetero) is 1. The summed E-state index contributed by atoms with van der Waals surface area (Å²) in [7, 11) is 1.11.